The van der Waals surface area contributed by atoms with Crippen molar-refractivity contribution >= 4 is 36.2 Å². The number of alkyl carbamates (subject to hydrolysis) is 2. The molecule has 9 saturated carbocycles. The zero-order valence-corrected chi connectivity index (χ0v) is 67.9. The maximum Gasteiger partial charge on any atom is 0.410 e. The van der Waals surface area contributed by atoms with Crippen LogP contribution in [0.25, 0.3) is 0 Å². The molecular formula is C86H126N12O13. The van der Waals surface area contributed by atoms with E-state index in [0.29, 0.717) is 86.2 Å². The van der Waals surface area contributed by atoms with Gasteiger partial charge in [0.1, 0.15) is 28.2 Å². The number of amidine groups is 1. The molecule has 608 valence electrons. The summed E-state index contributed by atoms with van der Waals surface area (Å²) in [5.41, 5.74) is 13.1. The van der Waals surface area contributed by atoms with Gasteiger partial charge in [0, 0.05) is 96.3 Å². The first-order chi connectivity index (χ1) is 52.6. The second-order valence-electron chi connectivity index (χ2n) is 37.2. The van der Waals surface area contributed by atoms with E-state index in [2.05, 4.69) is 98.1 Å². The topological polar surface area (TPSA) is 348 Å². The fraction of sp³-hybridized carbons (Fsp3) is 0.674. The summed E-state index contributed by atoms with van der Waals surface area (Å²) in [5.74, 6) is 4.23. The molecule has 3 aromatic carbocycles. The van der Waals surface area contributed by atoms with Crippen molar-refractivity contribution in [1.82, 2.24) is 46.0 Å². The van der Waals surface area contributed by atoms with Crippen LogP contribution in [0.5, 0.6) is 0 Å². The highest BCUT2D eigenvalue weighted by Crippen LogP contribution is 2.52. The van der Waals surface area contributed by atoms with Gasteiger partial charge in [-0.05, 0) is 235 Å². The summed E-state index contributed by atoms with van der Waals surface area (Å²) in [4.78, 5) is 74.4. The summed E-state index contributed by atoms with van der Waals surface area (Å²) in [6.07, 6.45) is 21.2. The summed E-state index contributed by atoms with van der Waals surface area (Å²) in [6.45, 7) is 24.3. The van der Waals surface area contributed by atoms with Crippen LogP contribution in [0.2, 0.25) is 0 Å². The number of amides is 4. The fourth-order valence-corrected chi connectivity index (χ4v) is 16.8. The Balaban J connectivity index is 0.000000153. The van der Waals surface area contributed by atoms with Crippen molar-refractivity contribution in [3.05, 3.63) is 131 Å². The van der Waals surface area contributed by atoms with Crippen LogP contribution in [0.3, 0.4) is 0 Å². The lowest BCUT2D eigenvalue weighted by Crippen LogP contribution is -2.53. The average Bonchev–Trinajstić information content (AvgIpc) is 1.73. The molecule has 14 rings (SSSR count). The molecule has 0 saturated heterocycles. The first-order valence-corrected chi connectivity index (χ1v) is 41.1. The number of oxime groups is 1. The fourth-order valence-electron chi connectivity index (χ4n) is 16.8. The third-order valence-corrected chi connectivity index (χ3v) is 23.8. The number of carbonyl (C=O) groups excluding carboxylic acids is 4. The summed E-state index contributed by atoms with van der Waals surface area (Å²) < 4.78 is 33.7. The molecule has 25 nitrogen and oxygen atoms in total. The van der Waals surface area contributed by atoms with E-state index in [1.807, 2.05) is 112 Å². The molecule has 0 radical (unpaired) electrons. The number of nitrogens with zero attached hydrogens (tertiary/aromatic N) is 7. The second kappa shape index (κ2) is 35.4. The number of carbonyl (C=O) groups is 5. The maximum absolute atomic E-state index is 13.5. The minimum Gasteiger partial charge on any atom is -0.481 e. The number of aromatic nitrogens is 4. The smallest absolute Gasteiger partial charge is 0.410 e. The van der Waals surface area contributed by atoms with Crippen LogP contribution in [-0.4, -0.2) is 155 Å². The number of benzene rings is 3. The lowest BCUT2D eigenvalue weighted by Gasteiger charge is -2.44. The van der Waals surface area contributed by atoms with Gasteiger partial charge in [0.25, 0.3) is 0 Å². The highest BCUT2D eigenvalue weighted by molar-refractivity contribution is 5.87. The van der Waals surface area contributed by atoms with Crippen LogP contribution in [-0.2, 0) is 34.6 Å². The molecule has 25 heteroatoms. The Morgan fingerprint density at radius 2 is 0.901 bits per heavy atom. The van der Waals surface area contributed by atoms with Crippen LogP contribution in [0.15, 0.2) is 105 Å². The van der Waals surface area contributed by atoms with E-state index >= 15 is 0 Å². The predicted molar refractivity (Wildman–Crippen MR) is 422 cm³/mol. The lowest BCUT2D eigenvalue weighted by molar-refractivity contribution is -0.142. The molecule has 2 heterocycles. The van der Waals surface area contributed by atoms with Crippen molar-refractivity contribution in [1.29, 1.82) is 0 Å². The molecule has 0 bridgehead atoms. The van der Waals surface area contributed by atoms with Gasteiger partial charge >= 0.3 is 30.3 Å². The van der Waals surface area contributed by atoms with Crippen molar-refractivity contribution in [3.63, 3.8) is 0 Å². The number of carboxylic acid groups (broad SMARTS) is 1. The number of nitrogens with one attached hydrogen (secondary N) is 3. The van der Waals surface area contributed by atoms with Crippen LogP contribution in [0.4, 0.5) is 19.2 Å². The highest BCUT2D eigenvalue weighted by Gasteiger charge is 2.55. The van der Waals surface area contributed by atoms with Crippen LogP contribution in [0, 0.1) is 11.3 Å². The third-order valence-electron chi connectivity index (χ3n) is 23.8. The molecule has 6 atom stereocenters. The minimum absolute atomic E-state index is 0.0421. The van der Waals surface area contributed by atoms with Gasteiger partial charge in [-0.1, -0.05) is 126 Å². The SMILES string of the molecule is CC(C)(C)OC(=O)N(CC1(C(N)=NO)CCC1)[C@@H]1C[C@H]1c1ccccc1.CC(C)(C)OC(=O)NC1CCC(C(=O)O)CC1.CC(C)(C)OC(=O)NC1CCC(c2nc(C3(CN(C(=O)OC(C)(C)C)[C@@H]4C[C@H]4c4ccccc4)CCC3)no2)CC1.NC1CCC(c2nc(C3(CN[C@@H]4C[C@H]4c4ccccc4)CCC3)no2)CC1. The van der Waals surface area contributed by atoms with Gasteiger partial charge in [0.05, 0.1) is 11.3 Å². The zero-order chi connectivity index (χ0) is 79.7. The van der Waals surface area contributed by atoms with Crippen molar-refractivity contribution in [2.45, 2.75) is 336 Å². The molecule has 9 fully saturated rings. The number of aliphatic carboxylic acids is 1. The summed E-state index contributed by atoms with van der Waals surface area (Å²) in [7, 11) is 0. The molecule has 4 amide bonds. The van der Waals surface area contributed by atoms with Gasteiger partial charge in [-0.3, -0.25) is 4.79 Å². The first kappa shape index (κ1) is 83.6. The molecule has 9 aliphatic rings. The Morgan fingerprint density at radius 3 is 1.28 bits per heavy atom. The number of hydrogen-bond acceptors (Lipinski definition) is 19. The number of rotatable bonds is 20. The quantitative estimate of drug-likeness (QED) is 0.0125. The van der Waals surface area contributed by atoms with E-state index in [4.69, 9.17) is 54.5 Å². The van der Waals surface area contributed by atoms with Crippen molar-refractivity contribution < 1.29 is 62.3 Å². The second-order valence-corrected chi connectivity index (χ2v) is 37.2. The molecular weight excluding hydrogens is 1410 g/mol. The van der Waals surface area contributed by atoms with E-state index < -0.39 is 39.9 Å². The normalized spacial score (nSPS) is 26.8. The average molecular weight is 1540 g/mol. The molecule has 5 aromatic rings. The molecule has 0 spiro atoms. The van der Waals surface area contributed by atoms with E-state index in [-0.39, 0.29) is 70.9 Å². The van der Waals surface area contributed by atoms with Gasteiger partial charge in [-0.15, -0.1) is 0 Å². The minimum atomic E-state index is -0.735. The number of hydrogen-bond donors (Lipinski definition) is 7. The van der Waals surface area contributed by atoms with Gasteiger partial charge in [-0.25, -0.2) is 19.2 Å². The molecule has 111 heavy (non-hydrogen) atoms. The zero-order valence-electron chi connectivity index (χ0n) is 67.9. The Hall–Kier alpha value is -8.32. The van der Waals surface area contributed by atoms with Crippen LogP contribution < -0.4 is 27.4 Å². The van der Waals surface area contributed by atoms with Gasteiger partial charge in [0.2, 0.25) is 11.8 Å². The summed E-state index contributed by atoms with van der Waals surface area (Å²) in [6, 6.07) is 32.7. The van der Waals surface area contributed by atoms with Gasteiger partial charge in [0.15, 0.2) is 11.6 Å². The van der Waals surface area contributed by atoms with E-state index in [9.17, 15) is 29.2 Å². The third kappa shape index (κ3) is 23.0. The van der Waals surface area contributed by atoms with E-state index in [1.54, 1.807) is 4.90 Å². The lowest BCUT2D eigenvalue weighted by atomic mass is 9.67. The Morgan fingerprint density at radius 1 is 0.514 bits per heavy atom. The van der Waals surface area contributed by atoms with Crippen molar-refractivity contribution in [2.24, 2.45) is 28.0 Å². The molecule has 2 aromatic heterocycles. The first-order valence-electron chi connectivity index (χ1n) is 41.1. The van der Waals surface area contributed by atoms with Crippen molar-refractivity contribution in [3.8, 4) is 0 Å². The van der Waals surface area contributed by atoms with Crippen LogP contribution >= 0.6 is 0 Å². The molecule has 0 aliphatic heterocycles. The standard InChI is InChI=1S/C32H46N4O5.C22H30N4O.C20H29N3O3.C12H21NO4/c1-30(2,3)39-28(37)33-23-15-13-22(14-16-23)26-34-27(35-41-26)32(17-10-18-32)20-36(29(38)40-31(4,5)6)25-19-24(25)21-11-8-7-9-12-21;23-17-9-7-16(8-10-17)20-25-21(26-27-20)22(11-4-12-22)14-24-19-13-18(19)15-5-2-1-3-6-15;1-19(2,3)26-18(24)23(13-20(10-7-11-20)17(21)22-25)16-12-15(16)14-8-5-4-6-9-14;1-12(2,3)17-11(16)13-9-6-4-8(5-7-9)10(14)15/h7-9,11-12,22-25H,10,13-20H2,1-6H3,(H,33,37);1-3,5-6,16-19,24H,4,7-14,23H2;4-6,8-9,15-16,25H,7,10-13H2,1-3H3,(H2,21,22);8-9H,4-7H2,1-3H3,(H,13,16)(H,14,15)/t22?,23?,24-,25+;16?,17?,18-,19+;15-,16+;/m000./s1. The molecule has 9 N–H and O–H groups in total. The molecule has 0 unspecified atom stereocenters. The van der Waals surface area contributed by atoms with Crippen molar-refractivity contribution in [2.75, 3.05) is 19.6 Å². The monoisotopic (exact) mass is 1530 g/mol. The van der Waals surface area contributed by atoms with Gasteiger partial charge in [-0.2, -0.15) is 9.97 Å². The Labute approximate surface area is 656 Å². The summed E-state index contributed by atoms with van der Waals surface area (Å²) >= 11 is 0. The van der Waals surface area contributed by atoms with E-state index in [1.165, 1.54) is 29.5 Å². The number of ether oxygens (including phenoxy) is 4. The van der Waals surface area contributed by atoms with Gasteiger partial charge < -0.3 is 75.5 Å². The highest BCUT2D eigenvalue weighted by atomic mass is 16.6. The summed E-state index contributed by atoms with van der Waals surface area (Å²) in [5, 5.41) is 39.8. The van der Waals surface area contributed by atoms with Crippen LogP contribution in [0.1, 0.15) is 307 Å². The largest absolute Gasteiger partial charge is 0.481 e. The molecule has 9 aliphatic carbocycles. The van der Waals surface area contributed by atoms with E-state index in [0.717, 1.165) is 134 Å². The number of carboxylic acids is 1. The Kier molecular flexibility index (Phi) is 26.6. The maximum atomic E-state index is 13.5. The Bertz CT molecular complexity index is 3880. The predicted octanol–water partition coefficient (Wildman–Crippen LogP) is 16.3. The number of nitrogens with two attached hydrogens (primary N) is 2.